The Morgan fingerprint density at radius 3 is 2.50 bits per heavy atom. The molecule has 0 unspecified atom stereocenters. The second-order valence-corrected chi connectivity index (χ2v) is 7.34. The van der Waals surface area contributed by atoms with E-state index in [9.17, 15) is 9.59 Å². The summed E-state index contributed by atoms with van der Waals surface area (Å²) >= 11 is 7.15. The average molecular weight is 384 g/mol. The number of hydrogen-bond donors (Lipinski definition) is 0. The predicted molar refractivity (Wildman–Crippen MR) is 107 cm³/mol. The van der Waals surface area contributed by atoms with Gasteiger partial charge in [0.25, 0.3) is 11.8 Å². The van der Waals surface area contributed by atoms with Crippen LogP contribution in [0.4, 0.5) is 11.4 Å². The Kier molecular flexibility index (Phi) is 4.09. The first-order valence-corrected chi connectivity index (χ1v) is 9.08. The van der Waals surface area contributed by atoms with Gasteiger partial charge in [0.1, 0.15) is 0 Å². The van der Waals surface area contributed by atoms with Crippen molar-refractivity contribution in [3.05, 3.63) is 64.0 Å². The number of hydrogen-bond acceptors (Lipinski definition) is 4. The van der Waals surface area contributed by atoms with Gasteiger partial charge in [-0.05, 0) is 42.1 Å². The lowest BCUT2D eigenvalue weighted by Crippen LogP contribution is -2.22. The van der Waals surface area contributed by atoms with Gasteiger partial charge in [-0.25, -0.2) is 0 Å². The number of aliphatic imine (C=N–C) groups is 1. The van der Waals surface area contributed by atoms with E-state index < -0.39 is 0 Å². The molecular weight excluding hydrogens is 370 g/mol. The van der Waals surface area contributed by atoms with Crippen molar-refractivity contribution >= 4 is 57.3 Å². The molecule has 2 aromatic carbocycles. The molecule has 5 nitrogen and oxygen atoms in total. The van der Waals surface area contributed by atoms with Crippen LogP contribution in [0.2, 0.25) is 5.02 Å². The quantitative estimate of drug-likeness (QED) is 0.703. The van der Waals surface area contributed by atoms with E-state index in [1.54, 1.807) is 24.1 Å². The van der Waals surface area contributed by atoms with Gasteiger partial charge in [0.05, 0.1) is 16.2 Å². The minimum absolute atomic E-state index is 0.187. The number of amidine groups is 1. The van der Waals surface area contributed by atoms with Gasteiger partial charge >= 0.3 is 0 Å². The lowest BCUT2D eigenvalue weighted by atomic mass is 10.1. The number of halogens is 1. The standard InChI is InChI=1S/C19H14ClN3O2S/c1-22(12-9-7-11(20)8-10-12)19-21-17(24)16(26-19)15-13-5-3-4-6-14(13)23(2)18(15)25/h3-10H,1-2H3/b16-15-. The number of likely N-dealkylation sites (N-methyl/N-ethyl adjacent to an activating group) is 1. The van der Waals surface area contributed by atoms with E-state index in [2.05, 4.69) is 4.99 Å². The number of carbonyl (C=O) groups is 2. The first kappa shape index (κ1) is 16.9. The number of anilines is 2. The maximum Gasteiger partial charge on any atom is 0.287 e. The average Bonchev–Trinajstić information content (AvgIpc) is 3.14. The van der Waals surface area contributed by atoms with Gasteiger partial charge in [-0.15, -0.1) is 0 Å². The zero-order valence-electron chi connectivity index (χ0n) is 14.1. The Labute approximate surface area is 160 Å². The third-order valence-electron chi connectivity index (χ3n) is 4.37. The van der Waals surface area contributed by atoms with Gasteiger partial charge < -0.3 is 9.80 Å². The van der Waals surface area contributed by atoms with Crippen molar-refractivity contribution < 1.29 is 9.59 Å². The maximum atomic E-state index is 12.7. The largest absolute Gasteiger partial charge is 0.324 e. The summed E-state index contributed by atoms with van der Waals surface area (Å²) in [7, 11) is 3.53. The van der Waals surface area contributed by atoms with Crippen LogP contribution in [0.1, 0.15) is 5.56 Å². The monoisotopic (exact) mass is 383 g/mol. The Bertz CT molecular complexity index is 998. The number of fused-ring (bicyclic) bond motifs is 1. The molecule has 0 N–H and O–H groups in total. The number of nitrogens with zero attached hydrogens (tertiary/aromatic N) is 3. The van der Waals surface area contributed by atoms with Crippen LogP contribution >= 0.6 is 23.4 Å². The summed E-state index contributed by atoms with van der Waals surface area (Å²) in [5.41, 5.74) is 2.84. The molecule has 2 aliphatic rings. The van der Waals surface area contributed by atoms with Crippen LogP contribution in [0, 0.1) is 0 Å². The molecule has 0 atom stereocenters. The van der Waals surface area contributed by atoms with E-state index in [0.717, 1.165) is 16.9 Å². The van der Waals surface area contributed by atoms with Crippen LogP contribution in [-0.4, -0.2) is 31.1 Å². The summed E-state index contributed by atoms with van der Waals surface area (Å²) in [5, 5.41) is 1.16. The summed E-state index contributed by atoms with van der Waals surface area (Å²) in [6.45, 7) is 0. The zero-order chi connectivity index (χ0) is 18.4. The molecule has 26 heavy (non-hydrogen) atoms. The second kappa shape index (κ2) is 6.30. The molecule has 0 saturated carbocycles. The molecule has 130 valence electrons. The van der Waals surface area contributed by atoms with E-state index in [1.165, 1.54) is 11.8 Å². The van der Waals surface area contributed by atoms with E-state index in [-0.39, 0.29) is 11.8 Å². The highest BCUT2D eigenvalue weighted by Gasteiger charge is 2.37. The summed E-state index contributed by atoms with van der Waals surface area (Å²) < 4.78 is 0. The van der Waals surface area contributed by atoms with Crippen LogP contribution in [0.5, 0.6) is 0 Å². The van der Waals surface area contributed by atoms with Crippen molar-refractivity contribution in [1.29, 1.82) is 0 Å². The van der Waals surface area contributed by atoms with Crippen molar-refractivity contribution in [2.75, 3.05) is 23.9 Å². The Balaban J connectivity index is 1.71. The molecule has 2 aromatic rings. The van der Waals surface area contributed by atoms with Gasteiger partial charge in [0, 0.05) is 30.4 Å². The molecule has 2 amide bonds. The number of thioether (sulfide) groups is 1. The first-order valence-electron chi connectivity index (χ1n) is 7.89. The molecule has 0 bridgehead atoms. The highest BCUT2D eigenvalue weighted by molar-refractivity contribution is 8.19. The first-order chi connectivity index (χ1) is 12.5. The summed E-state index contributed by atoms with van der Waals surface area (Å²) in [4.78, 5) is 33.1. The lowest BCUT2D eigenvalue weighted by molar-refractivity contribution is -0.115. The van der Waals surface area contributed by atoms with Crippen molar-refractivity contribution in [3.8, 4) is 0 Å². The van der Waals surface area contributed by atoms with Crippen molar-refractivity contribution in [2.45, 2.75) is 0 Å². The number of amides is 2. The fourth-order valence-electron chi connectivity index (χ4n) is 2.96. The van der Waals surface area contributed by atoms with Crippen LogP contribution in [0.25, 0.3) is 5.57 Å². The fourth-order valence-corrected chi connectivity index (χ4v) is 4.07. The summed E-state index contributed by atoms with van der Waals surface area (Å²) in [6, 6.07) is 14.7. The molecule has 0 spiro atoms. The zero-order valence-corrected chi connectivity index (χ0v) is 15.6. The Morgan fingerprint density at radius 2 is 1.77 bits per heavy atom. The highest BCUT2D eigenvalue weighted by atomic mass is 35.5. The fraction of sp³-hybridized carbons (Fsp3) is 0.105. The molecule has 4 rings (SSSR count). The second-order valence-electron chi connectivity index (χ2n) is 5.92. The van der Waals surface area contributed by atoms with Crippen LogP contribution in [-0.2, 0) is 9.59 Å². The van der Waals surface area contributed by atoms with E-state index in [4.69, 9.17) is 11.6 Å². The number of para-hydroxylation sites is 1. The number of benzene rings is 2. The van der Waals surface area contributed by atoms with Gasteiger partial charge in [0.15, 0.2) is 5.17 Å². The molecule has 7 heteroatoms. The smallest absolute Gasteiger partial charge is 0.287 e. The third kappa shape index (κ3) is 2.62. The molecule has 2 heterocycles. The topological polar surface area (TPSA) is 53.0 Å². The van der Waals surface area contributed by atoms with Crippen LogP contribution in [0.3, 0.4) is 0 Å². The molecule has 2 aliphatic heterocycles. The van der Waals surface area contributed by atoms with E-state index >= 15 is 0 Å². The van der Waals surface area contributed by atoms with Crippen LogP contribution < -0.4 is 9.80 Å². The Morgan fingerprint density at radius 1 is 1.08 bits per heavy atom. The van der Waals surface area contributed by atoms with Gasteiger partial charge in [-0.1, -0.05) is 29.8 Å². The van der Waals surface area contributed by atoms with Gasteiger partial charge in [0.2, 0.25) is 0 Å². The summed E-state index contributed by atoms with van der Waals surface area (Å²) in [5.74, 6) is -0.577. The molecular formula is C19H14ClN3O2S. The SMILES string of the molecule is CN(C1=NC(=O)/C(=C2/C(=O)N(C)c3ccccc32)S1)c1ccc(Cl)cc1. The van der Waals surface area contributed by atoms with Crippen molar-refractivity contribution in [2.24, 2.45) is 4.99 Å². The molecule has 0 radical (unpaired) electrons. The third-order valence-corrected chi connectivity index (χ3v) is 5.75. The summed E-state index contributed by atoms with van der Waals surface area (Å²) in [6.07, 6.45) is 0. The number of carbonyl (C=O) groups excluding carboxylic acids is 2. The van der Waals surface area contributed by atoms with Gasteiger partial charge in [-0.2, -0.15) is 4.99 Å². The van der Waals surface area contributed by atoms with Crippen molar-refractivity contribution in [3.63, 3.8) is 0 Å². The van der Waals surface area contributed by atoms with E-state index in [1.807, 2.05) is 48.3 Å². The minimum atomic E-state index is -0.390. The molecule has 0 saturated heterocycles. The normalized spacial score (nSPS) is 19.0. The maximum absolute atomic E-state index is 12.7. The highest BCUT2D eigenvalue weighted by Crippen LogP contribution is 2.43. The predicted octanol–water partition coefficient (Wildman–Crippen LogP) is 3.79. The van der Waals surface area contributed by atoms with Crippen molar-refractivity contribution in [1.82, 2.24) is 0 Å². The van der Waals surface area contributed by atoms with E-state index in [0.29, 0.717) is 20.7 Å². The molecule has 0 fully saturated rings. The number of rotatable bonds is 1. The molecule has 0 aromatic heterocycles. The Hall–Kier alpha value is -2.57. The molecule has 0 aliphatic carbocycles. The van der Waals surface area contributed by atoms with Crippen LogP contribution in [0.15, 0.2) is 58.4 Å². The lowest BCUT2D eigenvalue weighted by Gasteiger charge is -2.17. The van der Waals surface area contributed by atoms with Gasteiger partial charge in [-0.3, -0.25) is 9.59 Å². The minimum Gasteiger partial charge on any atom is -0.324 e.